The number of rotatable bonds is 8. The zero-order valence-corrected chi connectivity index (χ0v) is 18.2. The van der Waals surface area contributed by atoms with E-state index in [2.05, 4.69) is 5.32 Å². The molecule has 0 unspecified atom stereocenters. The van der Waals surface area contributed by atoms with E-state index in [1.165, 1.54) is 31.4 Å². The summed E-state index contributed by atoms with van der Waals surface area (Å²) >= 11 is 0. The van der Waals surface area contributed by atoms with Crippen molar-refractivity contribution < 1.29 is 34.4 Å². The fourth-order valence-electron chi connectivity index (χ4n) is 3.46. The number of aromatic hydroxyl groups is 4. The number of nitrogens with one attached hydrogen (secondary N) is 1. The minimum absolute atomic E-state index is 0.0636. The number of carbonyl (C=O) groups excluding carboxylic acids is 1. The molecule has 1 amide bonds. The highest BCUT2D eigenvalue weighted by molar-refractivity contribution is 5.77. The van der Waals surface area contributed by atoms with E-state index in [1.54, 1.807) is 19.1 Å². The number of benzene rings is 2. The Morgan fingerprint density at radius 1 is 1.03 bits per heavy atom. The summed E-state index contributed by atoms with van der Waals surface area (Å²) in [6.45, 7) is 1.81. The van der Waals surface area contributed by atoms with Crippen molar-refractivity contribution in [1.82, 2.24) is 5.32 Å². The molecule has 1 atom stereocenters. The van der Waals surface area contributed by atoms with Gasteiger partial charge in [-0.3, -0.25) is 9.59 Å². The zero-order valence-electron chi connectivity index (χ0n) is 18.2. The van der Waals surface area contributed by atoms with Crippen LogP contribution in [0.3, 0.4) is 0 Å². The van der Waals surface area contributed by atoms with E-state index in [1.807, 2.05) is 0 Å². The highest BCUT2D eigenvalue weighted by Gasteiger charge is 2.26. The van der Waals surface area contributed by atoms with E-state index in [9.17, 15) is 30.0 Å². The summed E-state index contributed by atoms with van der Waals surface area (Å²) in [5, 5.41) is 42.0. The summed E-state index contributed by atoms with van der Waals surface area (Å²) in [6, 6.07) is 10.0. The maximum Gasteiger partial charge on any atom is 0.227 e. The lowest BCUT2D eigenvalue weighted by molar-refractivity contribution is -0.121. The van der Waals surface area contributed by atoms with E-state index in [4.69, 9.17) is 9.15 Å². The molecule has 0 fully saturated rings. The lowest BCUT2D eigenvalue weighted by atomic mass is 9.91. The van der Waals surface area contributed by atoms with Crippen molar-refractivity contribution in [2.24, 2.45) is 0 Å². The molecular formula is C24H25NO8. The predicted molar refractivity (Wildman–Crippen MR) is 119 cm³/mol. The summed E-state index contributed by atoms with van der Waals surface area (Å²) in [7, 11) is 1.38. The number of ether oxygens (including phenoxy) is 1. The molecule has 0 saturated heterocycles. The topological polar surface area (TPSA) is 149 Å². The SMILES string of the molecule is COc1cc([C@@H](CC(=O)NCCc2ccc(O)c(O)c2)c2oc(C)cc(=O)c2O)ccc1O. The van der Waals surface area contributed by atoms with Gasteiger partial charge in [-0.15, -0.1) is 0 Å². The van der Waals surface area contributed by atoms with Crippen LogP contribution in [-0.4, -0.2) is 40.0 Å². The van der Waals surface area contributed by atoms with Crippen LogP contribution in [-0.2, 0) is 11.2 Å². The third-order valence-electron chi connectivity index (χ3n) is 5.16. The maximum atomic E-state index is 12.7. The molecule has 1 heterocycles. The minimum Gasteiger partial charge on any atom is -0.504 e. The fourth-order valence-corrected chi connectivity index (χ4v) is 3.46. The number of amides is 1. The van der Waals surface area contributed by atoms with E-state index >= 15 is 0 Å². The first kappa shape index (κ1) is 23.5. The van der Waals surface area contributed by atoms with Gasteiger partial charge in [-0.05, 0) is 48.7 Å². The van der Waals surface area contributed by atoms with Gasteiger partial charge in [0.15, 0.2) is 28.8 Å². The molecule has 0 aliphatic heterocycles. The van der Waals surface area contributed by atoms with Gasteiger partial charge in [-0.25, -0.2) is 0 Å². The van der Waals surface area contributed by atoms with Gasteiger partial charge in [0.1, 0.15) is 5.76 Å². The molecule has 174 valence electrons. The van der Waals surface area contributed by atoms with Crippen molar-refractivity contribution in [3.63, 3.8) is 0 Å². The largest absolute Gasteiger partial charge is 0.504 e. The Balaban J connectivity index is 1.83. The molecule has 33 heavy (non-hydrogen) atoms. The Labute approximate surface area is 189 Å². The highest BCUT2D eigenvalue weighted by atomic mass is 16.5. The molecule has 3 aromatic rings. The third kappa shape index (κ3) is 5.57. The van der Waals surface area contributed by atoms with Crippen LogP contribution >= 0.6 is 0 Å². The molecule has 0 aliphatic carbocycles. The van der Waals surface area contributed by atoms with Crippen LogP contribution in [0.2, 0.25) is 0 Å². The van der Waals surface area contributed by atoms with Gasteiger partial charge in [0.25, 0.3) is 0 Å². The standard InChI is InChI=1S/C24H25NO8/c1-13-9-20(29)23(31)24(33-13)16(15-4-6-18(27)21(11-15)32-2)12-22(30)25-8-7-14-3-5-17(26)19(28)10-14/h3-6,9-11,16,26-28,31H,7-8,12H2,1-2H3,(H,25,30)/t16-/m1/s1. The summed E-state index contributed by atoms with van der Waals surface area (Å²) in [6.07, 6.45) is 0.247. The molecule has 0 aliphatic rings. The van der Waals surface area contributed by atoms with Crippen LogP contribution in [0, 0.1) is 6.92 Å². The second kappa shape index (κ2) is 9.99. The number of hydrogen-bond donors (Lipinski definition) is 5. The molecule has 9 nitrogen and oxygen atoms in total. The van der Waals surface area contributed by atoms with E-state index < -0.39 is 17.1 Å². The predicted octanol–water partition coefficient (Wildman–Crippen LogP) is 2.66. The summed E-state index contributed by atoms with van der Waals surface area (Å²) in [5.74, 6) is -1.99. The van der Waals surface area contributed by atoms with Gasteiger partial charge in [0, 0.05) is 19.0 Å². The van der Waals surface area contributed by atoms with Gasteiger partial charge in [-0.2, -0.15) is 0 Å². The van der Waals surface area contributed by atoms with Gasteiger partial charge >= 0.3 is 0 Å². The molecule has 2 aromatic carbocycles. The summed E-state index contributed by atoms with van der Waals surface area (Å²) in [5.41, 5.74) is 0.581. The van der Waals surface area contributed by atoms with Gasteiger partial charge < -0.3 is 34.9 Å². The van der Waals surface area contributed by atoms with Crippen LogP contribution in [0.15, 0.2) is 51.7 Å². The third-order valence-corrected chi connectivity index (χ3v) is 5.16. The number of phenols is 3. The quantitative estimate of drug-likeness (QED) is 0.326. The first-order valence-corrected chi connectivity index (χ1v) is 10.2. The first-order valence-electron chi connectivity index (χ1n) is 10.2. The number of aryl methyl sites for hydroxylation is 1. The van der Waals surface area contributed by atoms with Gasteiger partial charge in [-0.1, -0.05) is 12.1 Å². The fraction of sp³-hybridized carbons (Fsp3) is 0.250. The van der Waals surface area contributed by atoms with Crippen molar-refractivity contribution in [2.75, 3.05) is 13.7 Å². The second-order valence-corrected chi connectivity index (χ2v) is 7.55. The van der Waals surface area contributed by atoms with Crippen molar-refractivity contribution in [3.05, 3.63) is 75.3 Å². The van der Waals surface area contributed by atoms with Crippen LogP contribution in [0.1, 0.15) is 35.0 Å². The van der Waals surface area contributed by atoms with Crippen molar-refractivity contribution in [3.8, 4) is 28.7 Å². The number of methoxy groups -OCH3 is 1. The smallest absolute Gasteiger partial charge is 0.227 e. The average Bonchev–Trinajstić information content (AvgIpc) is 2.77. The molecule has 9 heteroatoms. The van der Waals surface area contributed by atoms with Crippen LogP contribution in [0.4, 0.5) is 0 Å². The van der Waals surface area contributed by atoms with E-state index in [-0.39, 0.29) is 53.4 Å². The highest BCUT2D eigenvalue weighted by Crippen LogP contribution is 2.37. The molecular weight excluding hydrogens is 430 g/mol. The molecule has 0 saturated carbocycles. The Kier molecular flexibility index (Phi) is 7.12. The lowest BCUT2D eigenvalue weighted by Crippen LogP contribution is -2.27. The van der Waals surface area contributed by atoms with Crippen molar-refractivity contribution in [2.45, 2.75) is 25.7 Å². The van der Waals surface area contributed by atoms with Crippen LogP contribution < -0.4 is 15.5 Å². The average molecular weight is 455 g/mol. The minimum atomic E-state index is -0.829. The Hall–Kier alpha value is -4.14. The number of phenolic OH excluding ortho intramolecular Hbond substituents is 3. The van der Waals surface area contributed by atoms with Crippen molar-refractivity contribution in [1.29, 1.82) is 0 Å². The normalized spacial score (nSPS) is 11.7. The van der Waals surface area contributed by atoms with Crippen molar-refractivity contribution >= 4 is 5.91 Å². The summed E-state index contributed by atoms with van der Waals surface area (Å²) in [4.78, 5) is 24.9. The Morgan fingerprint density at radius 3 is 2.45 bits per heavy atom. The molecule has 0 spiro atoms. The first-order chi connectivity index (χ1) is 15.7. The van der Waals surface area contributed by atoms with E-state index in [0.717, 1.165) is 6.07 Å². The summed E-state index contributed by atoms with van der Waals surface area (Å²) < 4.78 is 10.8. The van der Waals surface area contributed by atoms with Crippen LogP contribution in [0.25, 0.3) is 0 Å². The molecule has 0 radical (unpaired) electrons. The Bertz CT molecular complexity index is 1220. The molecule has 3 rings (SSSR count). The monoisotopic (exact) mass is 455 g/mol. The lowest BCUT2D eigenvalue weighted by Gasteiger charge is -2.19. The number of carbonyl (C=O) groups is 1. The van der Waals surface area contributed by atoms with Gasteiger partial charge in [0.2, 0.25) is 17.1 Å². The van der Waals surface area contributed by atoms with Gasteiger partial charge in [0.05, 0.1) is 13.0 Å². The molecule has 1 aromatic heterocycles. The second-order valence-electron chi connectivity index (χ2n) is 7.55. The Morgan fingerprint density at radius 2 is 1.76 bits per heavy atom. The maximum absolute atomic E-state index is 12.7. The molecule has 5 N–H and O–H groups in total. The van der Waals surface area contributed by atoms with Crippen LogP contribution in [0.5, 0.6) is 28.7 Å². The van der Waals surface area contributed by atoms with E-state index in [0.29, 0.717) is 17.5 Å². The zero-order chi connectivity index (χ0) is 24.1. The number of hydrogen-bond acceptors (Lipinski definition) is 8. The molecule has 0 bridgehead atoms.